The number of benzene rings is 1. The van der Waals surface area contributed by atoms with Crippen LogP contribution in [0.15, 0.2) is 29.4 Å². The molecule has 0 radical (unpaired) electrons. The van der Waals surface area contributed by atoms with E-state index in [0.29, 0.717) is 11.3 Å². The van der Waals surface area contributed by atoms with Gasteiger partial charge in [0.1, 0.15) is 5.82 Å². The summed E-state index contributed by atoms with van der Waals surface area (Å²) in [6.45, 7) is 0. The lowest BCUT2D eigenvalue weighted by Crippen LogP contribution is -2.14. The summed E-state index contributed by atoms with van der Waals surface area (Å²) in [5.41, 5.74) is 0.710. The third-order valence-corrected chi connectivity index (χ3v) is 3.16. The van der Waals surface area contributed by atoms with E-state index in [1.165, 1.54) is 12.1 Å². The number of nitrogens with two attached hydrogens (primary N) is 1. The quantitative estimate of drug-likeness (QED) is 0.687. The first-order valence-corrected chi connectivity index (χ1v) is 5.92. The molecule has 1 aromatic carbocycles. The van der Waals surface area contributed by atoms with Gasteiger partial charge in [-0.2, -0.15) is 0 Å². The molecule has 2 aromatic rings. The fourth-order valence-electron chi connectivity index (χ4n) is 1.31. The van der Waals surface area contributed by atoms with Crippen molar-refractivity contribution >= 4 is 11.8 Å². The lowest BCUT2D eigenvalue weighted by atomic mass is 10.2. The SMILES string of the molecule is Nn1c(SCc2cccc(F)c2)nnc1C(F)F. The molecule has 0 saturated heterocycles. The molecule has 8 heteroatoms. The van der Waals surface area contributed by atoms with Crippen LogP contribution in [0.5, 0.6) is 0 Å². The number of thioether (sulfide) groups is 1. The molecular formula is C10H9F3N4S. The van der Waals surface area contributed by atoms with Gasteiger partial charge >= 0.3 is 0 Å². The highest BCUT2D eigenvalue weighted by molar-refractivity contribution is 7.98. The highest BCUT2D eigenvalue weighted by atomic mass is 32.2. The Kier molecular flexibility index (Phi) is 3.75. The van der Waals surface area contributed by atoms with Crippen LogP contribution in [0, 0.1) is 5.82 Å². The van der Waals surface area contributed by atoms with Crippen molar-refractivity contribution in [3.63, 3.8) is 0 Å². The lowest BCUT2D eigenvalue weighted by molar-refractivity contribution is 0.136. The smallest absolute Gasteiger partial charge is 0.299 e. The van der Waals surface area contributed by atoms with Crippen molar-refractivity contribution in [3.05, 3.63) is 41.5 Å². The lowest BCUT2D eigenvalue weighted by Gasteiger charge is -2.03. The van der Waals surface area contributed by atoms with Gasteiger partial charge in [-0.15, -0.1) is 10.2 Å². The van der Waals surface area contributed by atoms with Crippen molar-refractivity contribution in [1.82, 2.24) is 14.9 Å². The molecule has 2 rings (SSSR count). The number of rotatable bonds is 4. The van der Waals surface area contributed by atoms with Gasteiger partial charge < -0.3 is 5.84 Å². The predicted octanol–water partition coefficient (Wildman–Crippen LogP) is 2.36. The molecule has 0 bridgehead atoms. The summed E-state index contributed by atoms with van der Waals surface area (Å²) in [6.07, 6.45) is -2.77. The number of nitrogens with zero attached hydrogens (tertiary/aromatic N) is 3. The molecule has 0 aliphatic heterocycles. The van der Waals surface area contributed by atoms with Crippen LogP contribution >= 0.6 is 11.8 Å². The van der Waals surface area contributed by atoms with Gasteiger partial charge in [0.15, 0.2) is 0 Å². The number of hydrogen-bond donors (Lipinski definition) is 1. The highest BCUT2D eigenvalue weighted by Gasteiger charge is 2.18. The molecule has 96 valence electrons. The number of aromatic nitrogens is 3. The molecule has 0 fully saturated rings. The second-order valence-corrected chi connectivity index (χ2v) is 4.37. The Morgan fingerprint density at radius 3 is 2.72 bits per heavy atom. The summed E-state index contributed by atoms with van der Waals surface area (Å²) in [4.78, 5) is 0. The van der Waals surface area contributed by atoms with Crippen LogP contribution in [-0.4, -0.2) is 14.9 Å². The topological polar surface area (TPSA) is 56.7 Å². The Morgan fingerprint density at radius 1 is 1.33 bits per heavy atom. The second kappa shape index (κ2) is 5.30. The minimum absolute atomic E-state index is 0.162. The average molecular weight is 274 g/mol. The Balaban J connectivity index is 2.07. The molecule has 0 unspecified atom stereocenters. The van der Waals surface area contributed by atoms with Crippen LogP contribution in [0.4, 0.5) is 13.2 Å². The zero-order chi connectivity index (χ0) is 13.1. The van der Waals surface area contributed by atoms with E-state index >= 15 is 0 Å². The molecule has 1 heterocycles. The molecule has 18 heavy (non-hydrogen) atoms. The zero-order valence-corrected chi connectivity index (χ0v) is 9.87. The maximum absolute atomic E-state index is 12.9. The molecule has 0 aliphatic rings. The van der Waals surface area contributed by atoms with Crippen LogP contribution in [0.25, 0.3) is 0 Å². The summed E-state index contributed by atoms with van der Waals surface area (Å²) >= 11 is 1.11. The number of nitrogen functional groups attached to an aromatic ring is 1. The van der Waals surface area contributed by atoms with E-state index in [4.69, 9.17) is 5.84 Å². The van der Waals surface area contributed by atoms with Crippen LogP contribution in [0.3, 0.4) is 0 Å². The normalized spacial score (nSPS) is 11.1. The molecular weight excluding hydrogens is 265 g/mol. The third-order valence-electron chi connectivity index (χ3n) is 2.14. The highest BCUT2D eigenvalue weighted by Crippen LogP contribution is 2.23. The van der Waals surface area contributed by atoms with Gasteiger partial charge in [-0.25, -0.2) is 17.8 Å². The van der Waals surface area contributed by atoms with E-state index < -0.39 is 12.2 Å². The fourth-order valence-corrected chi connectivity index (χ4v) is 2.12. The monoisotopic (exact) mass is 274 g/mol. The first-order valence-electron chi connectivity index (χ1n) is 4.93. The summed E-state index contributed by atoms with van der Waals surface area (Å²) in [7, 11) is 0. The molecule has 0 amide bonds. The molecule has 2 N–H and O–H groups in total. The van der Waals surface area contributed by atoms with E-state index in [2.05, 4.69) is 10.2 Å². The minimum Gasteiger partial charge on any atom is -0.335 e. The van der Waals surface area contributed by atoms with Gasteiger partial charge in [-0.1, -0.05) is 23.9 Å². The van der Waals surface area contributed by atoms with Gasteiger partial charge in [0.2, 0.25) is 11.0 Å². The molecule has 0 saturated carbocycles. The van der Waals surface area contributed by atoms with E-state index in [0.717, 1.165) is 16.4 Å². The molecule has 0 aliphatic carbocycles. The number of hydrogen-bond acceptors (Lipinski definition) is 4. The Labute approximate surface area is 105 Å². The first-order chi connectivity index (χ1) is 8.58. The zero-order valence-electron chi connectivity index (χ0n) is 9.05. The van der Waals surface area contributed by atoms with Crippen LogP contribution < -0.4 is 5.84 Å². The largest absolute Gasteiger partial charge is 0.335 e. The van der Waals surface area contributed by atoms with E-state index in [9.17, 15) is 13.2 Å². The summed E-state index contributed by atoms with van der Waals surface area (Å²) in [5, 5.41) is 7.00. The Morgan fingerprint density at radius 2 is 2.11 bits per heavy atom. The summed E-state index contributed by atoms with van der Waals surface area (Å²) < 4.78 is 38.5. The van der Waals surface area contributed by atoms with Crippen molar-refractivity contribution in [2.45, 2.75) is 17.3 Å². The van der Waals surface area contributed by atoms with Crippen molar-refractivity contribution < 1.29 is 13.2 Å². The Bertz CT molecular complexity index is 544. The van der Waals surface area contributed by atoms with Crippen LogP contribution in [-0.2, 0) is 5.75 Å². The molecule has 0 atom stereocenters. The summed E-state index contributed by atoms with van der Waals surface area (Å²) in [6, 6.07) is 5.98. The van der Waals surface area contributed by atoms with Gasteiger partial charge in [-0.3, -0.25) is 0 Å². The molecule has 0 spiro atoms. The number of alkyl halides is 2. The van der Waals surface area contributed by atoms with Gasteiger partial charge in [-0.05, 0) is 17.7 Å². The Hall–Kier alpha value is -1.70. The first kappa shape index (κ1) is 12.7. The minimum atomic E-state index is -2.77. The van der Waals surface area contributed by atoms with Gasteiger partial charge in [0, 0.05) is 5.75 Å². The van der Waals surface area contributed by atoms with Crippen molar-refractivity contribution in [2.75, 3.05) is 5.84 Å². The summed E-state index contributed by atoms with van der Waals surface area (Å²) in [5.74, 6) is 4.85. The van der Waals surface area contributed by atoms with Crippen molar-refractivity contribution in [3.8, 4) is 0 Å². The maximum Gasteiger partial charge on any atom is 0.299 e. The van der Waals surface area contributed by atoms with Gasteiger partial charge in [0.25, 0.3) is 6.43 Å². The second-order valence-electron chi connectivity index (χ2n) is 3.43. The predicted molar refractivity (Wildman–Crippen MR) is 61.1 cm³/mol. The van der Waals surface area contributed by atoms with Gasteiger partial charge in [0.05, 0.1) is 0 Å². The van der Waals surface area contributed by atoms with E-state index in [1.807, 2.05) is 0 Å². The average Bonchev–Trinajstić information content (AvgIpc) is 2.68. The number of halogens is 3. The fraction of sp³-hybridized carbons (Fsp3) is 0.200. The maximum atomic E-state index is 12.9. The molecule has 1 aromatic heterocycles. The van der Waals surface area contributed by atoms with Crippen molar-refractivity contribution in [1.29, 1.82) is 0 Å². The van der Waals surface area contributed by atoms with Crippen LogP contribution in [0.2, 0.25) is 0 Å². The molecule has 4 nitrogen and oxygen atoms in total. The standard InChI is InChI=1S/C10H9F3N4S/c11-7-3-1-2-6(4-7)5-18-10-16-15-9(8(12)13)17(10)14/h1-4,8H,5,14H2. The van der Waals surface area contributed by atoms with Crippen molar-refractivity contribution in [2.24, 2.45) is 0 Å². The van der Waals surface area contributed by atoms with E-state index in [1.54, 1.807) is 12.1 Å². The van der Waals surface area contributed by atoms with E-state index in [-0.39, 0.29) is 11.0 Å². The van der Waals surface area contributed by atoms with Crippen LogP contribution in [0.1, 0.15) is 17.8 Å². The third kappa shape index (κ3) is 2.76.